The van der Waals surface area contributed by atoms with Gasteiger partial charge >= 0.3 is 5.97 Å². The highest BCUT2D eigenvalue weighted by molar-refractivity contribution is 5.78. The Labute approximate surface area is 99.3 Å². The summed E-state index contributed by atoms with van der Waals surface area (Å²) < 4.78 is 10.4. The van der Waals surface area contributed by atoms with Crippen LogP contribution in [0.4, 0.5) is 5.69 Å². The number of anilines is 1. The second kappa shape index (κ2) is 4.53. The number of carboxylic acids is 1. The molecule has 0 saturated carbocycles. The molecule has 2 N–H and O–H groups in total. The fraction of sp³-hybridized carbons (Fsp3) is 0.417. The third-order valence-corrected chi connectivity index (χ3v) is 2.63. The Morgan fingerprint density at radius 1 is 1.35 bits per heavy atom. The highest BCUT2D eigenvalue weighted by Crippen LogP contribution is 2.34. The Morgan fingerprint density at radius 3 is 2.71 bits per heavy atom. The second-order valence-electron chi connectivity index (χ2n) is 4.27. The van der Waals surface area contributed by atoms with Crippen LogP contribution in [0.15, 0.2) is 18.2 Å². The van der Waals surface area contributed by atoms with Gasteiger partial charge < -0.3 is 19.9 Å². The first-order valence-electron chi connectivity index (χ1n) is 5.47. The fourth-order valence-electron chi connectivity index (χ4n) is 1.68. The van der Waals surface area contributed by atoms with Crippen LogP contribution in [-0.4, -0.2) is 23.9 Å². The van der Waals surface area contributed by atoms with Gasteiger partial charge in [0.2, 0.25) is 6.79 Å². The monoisotopic (exact) mass is 237 g/mol. The van der Waals surface area contributed by atoms with E-state index in [-0.39, 0.29) is 12.7 Å². The van der Waals surface area contributed by atoms with Crippen molar-refractivity contribution in [3.05, 3.63) is 18.2 Å². The minimum Gasteiger partial charge on any atom is -0.480 e. The summed E-state index contributed by atoms with van der Waals surface area (Å²) >= 11 is 0. The van der Waals surface area contributed by atoms with Gasteiger partial charge in [0.25, 0.3) is 0 Å². The molecule has 0 saturated heterocycles. The van der Waals surface area contributed by atoms with Crippen LogP contribution in [0.3, 0.4) is 0 Å². The molecule has 1 heterocycles. The van der Waals surface area contributed by atoms with Crippen molar-refractivity contribution in [2.75, 3.05) is 12.1 Å². The molecule has 1 aromatic rings. The summed E-state index contributed by atoms with van der Waals surface area (Å²) in [5.74, 6) is 0.463. The molecule has 1 unspecified atom stereocenters. The average Bonchev–Trinajstić information content (AvgIpc) is 2.71. The number of carboxylic acid groups (broad SMARTS) is 1. The lowest BCUT2D eigenvalue weighted by Gasteiger charge is -2.19. The minimum absolute atomic E-state index is 0.00192. The van der Waals surface area contributed by atoms with Crippen LogP contribution in [0.5, 0.6) is 11.5 Å². The Balaban J connectivity index is 2.15. The van der Waals surface area contributed by atoms with E-state index in [0.717, 1.165) is 5.69 Å². The molecule has 1 aliphatic rings. The number of carbonyl (C=O) groups is 1. The van der Waals surface area contributed by atoms with Crippen LogP contribution in [0.25, 0.3) is 0 Å². The quantitative estimate of drug-likeness (QED) is 0.837. The largest absolute Gasteiger partial charge is 0.480 e. The first-order valence-corrected chi connectivity index (χ1v) is 5.47. The molecule has 5 nitrogen and oxygen atoms in total. The fourth-order valence-corrected chi connectivity index (χ4v) is 1.68. The van der Waals surface area contributed by atoms with E-state index in [1.54, 1.807) is 18.2 Å². The molecule has 1 atom stereocenters. The van der Waals surface area contributed by atoms with Gasteiger partial charge in [-0.05, 0) is 18.1 Å². The second-order valence-corrected chi connectivity index (χ2v) is 4.27. The zero-order valence-electron chi connectivity index (χ0n) is 9.77. The van der Waals surface area contributed by atoms with Crippen molar-refractivity contribution in [3.8, 4) is 11.5 Å². The first-order chi connectivity index (χ1) is 8.08. The van der Waals surface area contributed by atoms with Gasteiger partial charge in [-0.15, -0.1) is 0 Å². The predicted octanol–water partition coefficient (Wildman–Crippen LogP) is 1.94. The molecule has 0 spiro atoms. The zero-order chi connectivity index (χ0) is 12.4. The van der Waals surface area contributed by atoms with E-state index in [1.165, 1.54) is 0 Å². The topological polar surface area (TPSA) is 67.8 Å². The molecule has 0 bridgehead atoms. The highest BCUT2D eigenvalue weighted by Gasteiger charge is 2.22. The van der Waals surface area contributed by atoms with Gasteiger partial charge in [0, 0.05) is 11.8 Å². The van der Waals surface area contributed by atoms with Crippen LogP contribution in [0, 0.1) is 5.92 Å². The van der Waals surface area contributed by atoms with E-state index >= 15 is 0 Å². The number of ether oxygens (including phenoxy) is 2. The number of nitrogens with one attached hydrogen (secondary N) is 1. The van der Waals surface area contributed by atoms with Crippen LogP contribution in [0.2, 0.25) is 0 Å². The molecule has 1 aliphatic heterocycles. The minimum atomic E-state index is -0.863. The zero-order valence-corrected chi connectivity index (χ0v) is 9.77. The first kappa shape index (κ1) is 11.6. The van der Waals surface area contributed by atoms with Gasteiger partial charge in [-0.1, -0.05) is 13.8 Å². The third-order valence-electron chi connectivity index (χ3n) is 2.63. The van der Waals surface area contributed by atoms with Crippen molar-refractivity contribution >= 4 is 11.7 Å². The molecule has 2 rings (SSSR count). The molecule has 0 radical (unpaired) electrons. The van der Waals surface area contributed by atoms with Gasteiger partial charge in [-0.25, -0.2) is 4.79 Å². The number of hydrogen-bond donors (Lipinski definition) is 2. The van der Waals surface area contributed by atoms with Gasteiger partial charge in [0.15, 0.2) is 11.5 Å². The maximum Gasteiger partial charge on any atom is 0.326 e. The molecule has 0 fully saturated rings. The van der Waals surface area contributed by atoms with E-state index in [2.05, 4.69) is 5.32 Å². The Hall–Kier alpha value is -1.91. The van der Waals surface area contributed by atoms with Crippen LogP contribution >= 0.6 is 0 Å². The average molecular weight is 237 g/mol. The number of rotatable bonds is 4. The van der Waals surface area contributed by atoms with E-state index in [9.17, 15) is 4.79 Å². The summed E-state index contributed by atoms with van der Waals surface area (Å²) in [6, 6.07) is 4.69. The van der Waals surface area contributed by atoms with Crippen LogP contribution in [0.1, 0.15) is 13.8 Å². The summed E-state index contributed by atoms with van der Waals surface area (Å²) in [4.78, 5) is 11.1. The third kappa shape index (κ3) is 2.43. The lowest BCUT2D eigenvalue weighted by atomic mass is 10.0. The van der Waals surface area contributed by atoms with Crippen molar-refractivity contribution in [1.82, 2.24) is 0 Å². The van der Waals surface area contributed by atoms with Crippen molar-refractivity contribution in [1.29, 1.82) is 0 Å². The number of benzene rings is 1. The normalized spacial score (nSPS) is 14.8. The van der Waals surface area contributed by atoms with Crippen molar-refractivity contribution < 1.29 is 19.4 Å². The summed E-state index contributed by atoms with van der Waals surface area (Å²) in [5.41, 5.74) is 0.718. The van der Waals surface area contributed by atoms with Crippen molar-refractivity contribution in [2.45, 2.75) is 19.9 Å². The van der Waals surface area contributed by atoms with Gasteiger partial charge in [0.05, 0.1) is 0 Å². The maximum atomic E-state index is 11.1. The smallest absolute Gasteiger partial charge is 0.326 e. The molecule has 5 heteroatoms. The molecule has 0 aromatic heterocycles. The van der Waals surface area contributed by atoms with Crippen LogP contribution in [-0.2, 0) is 4.79 Å². The van der Waals surface area contributed by atoms with E-state index in [4.69, 9.17) is 14.6 Å². The van der Waals surface area contributed by atoms with Gasteiger partial charge in [-0.3, -0.25) is 0 Å². The van der Waals surface area contributed by atoms with Crippen molar-refractivity contribution in [3.63, 3.8) is 0 Å². The number of fused-ring (bicyclic) bond motifs is 1. The summed E-state index contributed by atoms with van der Waals surface area (Å²) in [5, 5.41) is 12.1. The van der Waals surface area contributed by atoms with E-state index < -0.39 is 12.0 Å². The molecule has 17 heavy (non-hydrogen) atoms. The molecular formula is C12H15NO4. The van der Waals surface area contributed by atoms with E-state index in [1.807, 2.05) is 13.8 Å². The maximum absolute atomic E-state index is 11.1. The van der Waals surface area contributed by atoms with Gasteiger partial charge in [0.1, 0.15) is 6.04 Å². The molecule has 0 amide bonds. The Kier molecular flexibility index (Phi) is 3.08. The van der Waals surface area contributed by atoms with Gasteiger partial charge in [-0.2, -0.15) is 0 Å². The predicted molar refractivity (Wildman–Crippen MR) is 62.4 cm³/mol. The van der Waals surface area contributed by atoms with Crippen molar-refractivity contribution in [2.24, 2.45) is 5.92 Å². The van der Waals surface area contributed by atoms with E-state index in [0.29, 0.717) is 11.5 Å². The molecule has 92 valence electrons. The lowest BCUT2D eigenvalue weighted by molar-refractivity contribution is -0.138. The summed E-state index contributed by atoms with van der Waals surface area (Å²) in [7, 11) is 0. The SMILES string of the molecule is CC(C)C(Nc1ccc2c(c1)OCO2)C(=O)O. The molecule has 1 aromatic carbocycles. The molecule has 0 aliphatic carbocycles. The Morgan fingerprint density at radius 2 is 2.06 bits per heavy atom. The number of hydrogen-bond acceptors (Lipinski definition) is 4. The highest BCUT2D eigenvalue weighted by atomic mass is 16.7. The Bertz CT molecular complexity index is 431. The standard InChI is InChI=1S/C12H15NO4/c1-7(2)11(12(14)15)13-8-3-4-9-10(5-8)17-6-16-9/h3-5,7,11,13H,6H2,1-2H3,(H,14,15). The lowest BCUT2D eigenvalue weighted by Crippen LogP contribution is -2.34. The van der Waals surface area contributed by atoms with Crippen LogP contribution < -0.4 is 14.8 Å². The summed E-state index contributed by atoms with van der Waals surface area (Å²) in [6.45, 7) is 3.93. The summed E-state index contributed by atoms with van der Waals surface area (Å²) in [6.07, 6.45) is 0. The molecular weight excluding hydrogens is 222 g/mol. The number of aliphatic carboxylic acids is 1.